The van der Waals surface area contributed by atoms with E-state index in [-0.39, 0.29) is 19.4 Å². The molecule has 71 heavy (non-hydrogen) atoms. The molecule has 11 atom stereocenters. The third kappa shape index (κ3) is 30.4. The van der Waals surface area contributed by atoms with Crippen LogP contribution in [0.4, 0.5) is 0 Å². The average Bonchev–Trinajstić information content (AvgIpc) is 3.36. The second kappa shape index (κ2) is 42.8. The van der Waals surface area contributed by atoms with Crippen LogP contribution in [0.25, 0.3) is 0 Å². The number of hydrogen-bond donors (Lipinski definition) is 7. The lowest BCUT2D eigenvalue weighted by Crippen LogP contribution is -2.61. The number of carbonyl (C=O) groups is 2. The highest BCUT2D eigenvalue weighted by Crippen LogP contribution is 2.26. The van der Waals surface area contributed by atoms with E-state index in [4.69, 9.17) is 28.4 Å². The summed E-state index contributed by atoms with van der Waals surface area (Å²) in [6.45, 7) is 2.51. The Morgan fingerprint density at radius 1 is 0.451 bits per heavy atom. The molecule has 2 heterocycles. The van der Waals surface area contributed by atoms with Gasteiger partial charge in [0, 0.05) is 12.8 Å². The summed E-state index contributed by atoms with van der Waals surface area (Å²) < 4.78 is 33.6. The summed E-state index contributed by atoms with van der Waals surface area (Å²) in [6, 6.07) is 0. The molecule has 412 valence electrons. The van der Waals surface area contributed by atoms with Crippen LogP contribution in [-0.4, -0.2) is 142 Å². The van der Waals surface area contributed by atoms with E-state index in [0.717, 1.165) is 64.2 Å². The Morgan fingerprint density at radius 2 is 0.873 bits per heavy atom. The normalized spacial score (nSPS) is 25.5. The average molecular weight is 1010 g/mol. The molecular weight excluding hydrogens is 913 g/mol. The maximum Gasteiger partial charge on any atom is 0.306 e. The molecule has 0 aromatic carbocycles. The summed E-state index contributed by atoms with van der Waals surface area (Å²) in [5.74, 6) is -0.956. The minimum absolute atomic E-state index is 0.128. The number of unbranched alkanes of at least 4 members (excludes halogenated alkanes) is 21. The zero-order valence-electron chi connectivity index (χ0n) is 43.7. The van der Waals surface area contributed by atoms with Gasteiger partial charge in [-0.15, -0.1) is 0 Å². The van der Waals surface area contributed by atoms with E-state index in [2.05, 4.69) is 62.5 Å². The van der Waals surface area contributed by atoms with Gasteiger partial charge in [-0.2, -0.15) is 0 Å². The summed E-state index contributed by atoms with van der Waals surface area (Å²) in [6.07, 6.45) is 31.3. The second-order valence-corrected chi connectivity index (χ2v) is 19.4. The van der Waals surface area contributed by atoms with Crippen LogP contribution in [0.5, 0.6) is 0 Å². The lowest BCUT2D eigenvalue weighted by molar-refractivity contribution is -0.332. The Morgan fingerprint density at radius 3 is 1.38 bits per heavy atom. The van der Waals surface area contributed by atoms with E-state index in [1.165, 1.54) is 96.3 Å². The van der Waals surface area contributed by atoms with Crippen molar-refractivity contribution in [1.82, 2.24) is 0 Å². The van der Waals surface area contributed by atoms with Crippen molar-refractivity contribution >= 4 is 11.9 Å². The molecule has 0 aromatic heterocycles. The van der Waals surface area contributed by atoms with Gasteiger partial charge in [-0.1, -0.05) is 184 Å². The Balaban J connectivity index is 1.79. The molecular formula is C56H98O15. The zero-order valence-corrected chi connectivity index (χ0v) is 43.7. The lowest BCUT2D eigenvalue weighted by Gasteiger charge is -2.42. The van der Waals surface area contributed by atoms with Gasteiger partial charge in [0.2, 0.25) is 0 Å². The Labute approximate surface area is 427 Å². The van der Waals surface area contributed by atoms with Crippen molar-refractivity contribution in [2.45, 2.75) is 268 Å². The van der Waals surface area contributed by atoms with Crippen molar-refractivity contribution in [3.8, 4) is 0 Å². The van der Waals surface area contributed by atoms with Crippen LogP contribution in [0.3, 0.4) is 0 Å². The summed E-state index contributed by atoms with van der Waals surface area (Å²) >= 11 is 0. The molecule has 0 aromatic rings. The molecule has 4 unspecified atom stereocenters. The zero-order chi connectivity index (χ0) is 51.7. The minimum atomic E-state index is -1.77. The van der Waals surface area contributed by atoms with Crippen molar-refractivity contribution in [3.63, 3.8) is 0 Å². The SMILES string of the molecule is CCC/C=C/C/C=C/C/C=C/C/C=C/CCCCCC(=O)O[C@@H](COC(=O)CCCCCCCCCCCCCCCCCCCC)CO[C@@H]1O[C@H](CO[C@@H]2O[C@H](CO)[C@H](O)C(O)C2O)[C@H](O)C(O)C1O. The van der Waals surface area contributed by atoms with E-state index in [1.54, 1.807) is 0 Å². The molecule has 15 nitrogen and oxygen atoms in total. The van der Waals surface area contributed by atoms with Crippen molar-refractivity contribution in [1.29, 1.82) is 0 Å². The van der Waals surface area contributed by atoms with Gasteiger partial charge in [-0.25, -0.2) is 0 Å². The summed E-state index contributed by atoms with van der Waals surface area (Å²) in [5, 5.41) is 72.2. The first-order chi connectivity index (χ1) is 34.5. The van der Waals surface area contributed by atoms with E-state index in [1.807, 2.05) is 0 Å². The molecule has 2 saturated heterocycles. The fraction of sp³-hybridized carbons (Fsp3) is 0.821. The van der Waals surface area contributed by atoms with Crippen LogP contribution >= 0.6 is 0 Å². The molecule has 2 aliphatic heterocycles. The van der Waals surface area contributed by atoms with Crippen LogP contribution in [0.15, 0.2) is 48.6 Å². The van der Waals surface area contributed by atoms with Gasteiger partial charge in [-0.05, 0) is 51.4 Å². The predicted octanol–water partition coefficient (Wildman–Crippen LogP) is 8.66. The van der Waals surface area contributed by atoms with Crippen molar-refractivity contribution in [2.75, 3.05) is 26.4 Å². The quantitative estimate of drug-likeness (QED) is 0.0172. The van der Waals surface area contributed by atoms with Crippen molar-refractivity contribution in [3.05, 3.63) is 48.6 Å². The molecule has 0 amide bonds. The lowest BCUT2D eigenvalue weighted by atomic mass is 9.98. The smallest absolute Gasteiger partial charge is 0.306 e. The fourth-order valence-corrected chi connectivity index (χ4v) is 8.50. The standard InChI is InChI=1S/C56H98O15/c1-3-5-7-9-11-13-15-17-19-21-23-24-26-28-30-32-34-36-38-47(58)66-41-44(69-48(59)39-37-35-33-31-29-27-25-22-20-18-16-14-12-10-8-6-4-2)42-67-55-54(65)52(63)50(61)46(71-55)43-68-56-53(64)51(62)49(60)45(40-57)70-56/h8,10,14,16,20,22,27,29,44-46,49-57,60-65H,3-7,9,11-13,15,17-19,21,23-26,28,30-43H2,1-2H3/b10-8+,16-14+,22-20+,29-27+/t44-,45+,46+,49-,50-,51?,52?,53?,54?,55+,56+/m0/s1. The van der Waals surface area contributed by atoms with E-state index in [9.17, 15) is 45.3 Å². The Hall–Kier alpha value is -2.54. The highest BCUT2D eigenvalue weighted by Gasteiger charge is 2.47. The number of aliphatic hydroxyl groups is 7. The molecule has 7 N–H and O–H groups in total. The van der Waals surface area contributed by atoms with Crippen LogP contribution < -0.4 is 0 Å². The van der Waals surface area contributed by atoms with Gasteiger partial charge in [0.1, 0.15) is 55.4 Å². The number of carbonyl (C=O) groups excluding carboxylic acids is 2. The van der Waals surface area contributed by atoms with Gasteiger partial charge >= 0.3 is 11.9 Å². The molecule has 0 bridgehead atoms. The number of rotatable bonds is 43. The third-order valence-corrected chi connectivity index (χ3v) is 13.0. The largest absolute Gasteiger partial charge is 0.462 e. The molecule has 2 aliphatic rings. The first-order valence-corrected chi connectivity index (χ1v) is 27.7. The van der Waals surface area contributed by atoms with Crippen LogP contribution in [0.1, 0.15) is 200 Å². The highest BCUT2D eigenvalue weighted by molar-refractivity contribution is 5.70. The van der Waals surface area contributed by atoms with E-state index in [0.29, 0.717) is 12.8 Å². The van der Waals surface area contributed by atoms with E-state index < -0.39 is 99.3 Å². The minimum Gasteiger partial charge on any atom is -0.462 e. The molecule has 2 fully saturated rings. The second-order valence-electron chi connectivity index (χ2n) is 19.4. The molecule has 0 aliphatic carbocycles. The maximum atomic E-state index is 13.0. The molecule has 0 radical (unpaired) electrons. The first-order valence-electron chi connectivity index (χ1n) is 27.7. The summed E-state index contributed by atoms with van der Waals surface area (Å²) in [5.41, 5.74) is 0. The molecule has 15 heteroatoms. The van der Waals surface area contributed by atoms with Gasteiger partial charge < -0.3 is 64.2 Å². The number of aliphatic hydroxyl groups excluding tert-OH is 7. The van der Waals surface area contributed by atoms with Crippen LogP contribution in [0.2, 0.25) is 0 Å². The highest BCUT2D eigenvalue weighted by atomic mass is 16.7. The molecule has 0 saturated carbocycles. The maximum absolute atomic E-state index is 13.0. The predicted molar refractivity (Wildman–Crippen MR) is 275 cm³/mol. The number of esters is 2. The third-order valence-electron chi connectivity index (χ3n) is 13.0. The monoisotopic (exact) mass is 1010 g/mol. The Kier molecular flexibility index (Phi) is 38.9. The summed E-state index contributed by atoms with van der Waals surface area (Å²) in [4.78, 5) is 25.8. The Bertz CT molecular complexity index is 1420. The van der Waals surface area contributed by atoms with E-state index >= 15 is 0 Å². The van der Waals surface area contributed by atoms with Crippen LogP contribution in [-0.2, 0) is 38.0 Å². The number of allylic oxidation sites excluding steroid dienone is 8. The van der Waals surface area contributed by atoms with Crippen molar-refractivity contribution in [2.24, 2.45) is 0 Å². The fourth-order valence-electron chi connectivity index (χ4n) is 8.50. The topological polar surface area (TPSA) is 231 Å². The number of ether oxygens (including phenoxy) is 6. The van der Waals surface area contributed by atoms with Gasteiger partial charge in [0.05, 0.1) is 19.8 Å². The number of hydrogen-bond acceptors (Lipinski definition) is 15. The van der Waals surface area contributed by atoms with Crippen molar-refractivity contribution < 1.29 is 73.8 Å². The van der Waals surface area contributed by atoms with Gasteiger partial charge in [0.15, 0.2) is 18.7 Å². The molecule has 2 rings (SSSR count). The molecule has 0 spiro atoms. The van der Waals surface area contributed by atoms with Gasteiger partial charge in [0.25, 0.3) is 0 Å². The first kappa shape index (κ1) is 64.6. The van der Waals surface area contributed by atoms with Gasteiger partial charge in [-0.3, -0.25) is 9.59 Å². The van der Waals surface area contributed by atoms with Crippen LogP contribution in [0, 0.1) is 0 Å². The summed E-state index contributed by atoms with van der Waals surface area (Å²) in [7, 11) is 0.